The van der Waals surface area contributed by atoms with Crippen molar-refractivity contribution in [2.45, 2.75) is 56.5 Å². The summed E-state index contributed by atoms with van der Waals surface area (Å²) in [5, 5.41) is 45.7. The van der Waals surface area contributed by atoms with Gasteiger partial charge >= 0.3 is 0 Å². The molecule has 1 aromatic carbocycles. The number of hydrogen-bond acceptors (Lipinski definition) is 9. The largest absolute Gasteiger partial charge is 0.507 e. The van der Waals surface area contributed by atoms with E-state index in [4.69, 9.17) is 10.5 Å². The maximum atomic E-state index is 14.0. The standard InChI is InChI=1S/C26H34N2O8/c1-5-6-10-36-13-9-7-8-12-11(2)14-16(20(29)15(12)13)23(32)26(35)18(21(14)30)19(28(3)4)22(31)17(24(26)33)25(27)34/h7-9,11,14,17-19,21-22,29-31,35H,5-6,10H2,1-4H3,(H2,27,34)/t11-,14+,17?,18+,19-,21-,22?,26-/m0/s1. The number of nitrogens with two attached hydrogens (primary N) is 1. The van der Waals surface area contributed by atoms with Gasteiger partial charge in [-0.05, 0) is 38.1 Å². The SMILES string of the molecule is CCCCOc1cccc2c1C(O)=C1C(=O)[C@]3(O)C(=O)C(C(N)=O)C(O)[C@@H](N(C)C)[C@@H]3[C@@H](O)[C@@H]1[C@H]2C. The molecule has 0 aromatic heterocycles. The molecule has 8 atom stereocenters. The van der Waals surface area contributed by atoms with Gasteiger partial charge in [-0.3, -0.25) is 14.4 Å². The van der Waals surface area contributed by atoms with Gasteiger partial charge in [0.05, 0.1) is 24.4 Å². The van der Waals surface area contributed by atoms with Gasteiger partial charge < -0.3 is 35.8 Å². The second kappa shape index (κ2) is 9.26. The molecule has 3 aliphatic rings. The Kier molecular flexibility index (Phi) is 6.76. The normalized spacial score (nSPS) is 35.8. The zero-order valence-electron chi connectivity index (χ0n) is 20.8. The molecule has 6 N–H and O–H groups in total. The summed E-state index contributed by atoms with van der Waals surface area (Å²) < 4.78 is 5.87. The van der Waals surface area contributed by atoms with E-state index in [0.29, 0.717) is 17.9 Å². The number of likely N-dealkylation sites (N-methyl/N-ethyl adjacent to an activating group) is 1. The zero-order chi connectivity index (χ0) is 26.7. The van der Waals surface area contributed by atoms with E-state index in [2.05, 4.69) is 0 Å². The van der Waals surface area contributed by atoms with Crippen LogP contribution in [0.1, 0.15) is 43.7 Å². The first kappa shape index (κ1) is 26.3. The van der Waals surface area contributed by atoms with Crippen LogP contribution in [0.5, 0.6) is 5.75 Å². The van der Waals surface area contributed by atoms with Crippen LogP contribution in [0.3, 0.4) is 0 Å². The van der Waals surface area contributed by atoms with E-state index in [9.17, 15) is 34.8 Å². The fraction of sp³-hybridized carbons (Fsp3) is 0.577. The minimum atomic E-state index is -2.87. The summed E-state index contributed by atoms with van der Waals surface area (Å²) in [6.07, 6.45) is -1.50. The van der Waals surface area contributed by atoms with Gasteiger partial charge in [0.1, 0.15) is 17.4 Å². The van der Waals surface area contributed by atoms with Gasteiger partial charge in [0.15, 0.2) is 11.4 Å². The number of hydrogen-bond donors (Lipinski definition) is 5. The number of primary amides is 1. The second-order valence-corrected chi connectivity index (χ2v) is 10.3. The monoisotopic (exact) mass is 502 g/mol. The number of unbranched alkanes of at least 4 members (excludes halogenated alkanes) is 1. The van der Waals surface area contributed by atoms with E-state index in [0.717, 1.165) is 12.8 Å². The number of amides is 1. The Morgan fingerprint density at radius 2 is 1.86 bits per heavy atom. The van der Waals surface area contributed by atoms with Crippen LogP contribution in [-0.2, 0) is 14.4 Å². The van der Waals surface area contributed by atoms with Crippen LogP contribution in [0, 0.1) is 17.8 Å². The number of ketones is 2. The summed E-state index contributed by atoms with van der Waals surface area (Å²) in [6.45, 7) is 4.18. The number of aliphatic hydroxyl groups excluding tert-OH is 3. The average Bonchev–Trinajstić information content (AvgIpc) is 2.81. The van der Waals surface area contributed by atoms with Crippen molar-refractivity contribution in [1.82, 2.24) is 4.90 Å². The van der Waals surface area contributed by atoms with Crippen LogP contribution in [0.15, 0.2) is 23.8 Å². The minimum absolute atomic E-state index is 0.272. The molecule has 4 rings (SSSR count). The number of Topliss-reactive ketones (excluding diaryl/α,β-unsaturated/α-hetero) is 2. The van der Waals surface area contributed by atoms with Crippen molar-refractivity contribution in [3.05, 3.63) is 34.9 Å². The topological polar surface area (TPSA) is 171 Å². The van der Waals surface area contributed by atoms with Crippen molar-refractivity contribution in [3.63, 3.8) is 0 Å². The Morgan fingerprint density at radius 1 is 1.19 bits per heavy atom. The first-order chi connectivity index (χ1) is 16.9. The van der Waals surface area contributed by atoms with Crippen LogP contribution < -0.4 is 10.5 Å². The van der Waals surface area contributed by atoms with Crippen LogP contribution in [0.4, 0.5) is 0 Å². The molecule has 0 aliphatic heterocycles. The van der Waals surface area contributed by atoms with Gasteiger partial charge in [0.25, 0.3) is 0 Å². The lowest BCUT2D eigenvalue weighted by Gasteiger charge is -2.56. The molecule has 0 saturated heterocycles. The maximum absolute atomic E-state index is 14.0. The summed E-state index contributed by atoms with van der Waals surface area (Å²) >= 11 is 0. The summed E-state index contributed by atoms with van der Waals surface area (Å²) in [6, 6.07) is 4.04. The van der Waals surface area contributed by atoms with Crippen molar-refractivity contribution in [2.24, 2.45) is 23.5 Å². The lowest BCUT2D eigenvalue weighted by Crippen LogP contribution is -2.76. The summed E-state index contributed by atoms with van der Waals surface area (Å²) in [5.41, 5.74) is 3.14. The van der Waals surface area contributed by atoms with E-state index in [1.165, 1.54) is 4.90 Å². The van der Waals surface area contributed by atoms with Crippen LogP contribution in [0.2, 0.25) is 0 Å². The molecule has 2 fully saturated rings. The van der Waals surface area contributed by atoms with Crippen molar-refractivity contribution in [1.29, 1.82) is 0 Å². The number of aliphatic hydroxyl groups is 4. The average molecular weight is 503 g/mol. The number of carbonyl (C=O) groups excluding carboxylic acids is 3. The zero-order valence-corrected chi connectivity index (χ0v) is 20.8. The Balaban J connectivity index is 1.93. The van der Waals surface area contributed by atoms with E-state index in [1.807, 2.05) is 6.92 Å². The molecule has 3 aliphatic carbocycles. The molecule has 196 valence electrons. The number of nitrogens with zero attached hydrogens (tertiary/aromatic N) is 1. The van der Waals surface area contributed by atoms with Crippen molar-refractivity contribution >= 4 is 23.2 Å². The molecule has 1 aromatic rings. The molecule has 2 unspecified atom stereocenters. The number of ether oxygens (including phenoxy) is 1. The third-order valence-corrected chi connectivity index (χ3v) is 8.10. The fourth-order valence-corrected chi connectivity index (χ4v) is 6.37. The Morgan fingerprint density at radius 3 is 2.44 bits per heavy atom. The van der Waals surface area contributed by atoms with Gasteiger partial charge in [-0.25, -0.2) is 0 Å². The predicted molar refractivity (Wildman–Crippen MR) is 129 cm³/mol. The number of benzene rings is 1. The van der Waals surface area contributed by atoms with E-state index >= 15 is 0 Å². The smallest absolute Gasteiger partial charge is 0.230 e. The minimum Gasteiger partial charge on any atom is -0.507 e. The second-order valence-electron chi connectivity index (χ2n) is 10.3. The molecule has 0 spiro atoms. The molecule has 10 nitrogen and oxygen atoms in total. The lowest BCUT2D eigenvalue weighted by molar-refractivity contribution is -0.199. The Hall–Kier alpha value is -2.79. The maximum Gasteiger partial charge on any atom is 0.230 e. The highest BCUT2D eigenvalue weighted by Crippen LogP contribution is 2.55. The molecule has 2 saturated carbocycles. The Bertz CT molecular complexity index is 1130. The number of carbonyl (C=O) groups is 3. The fourth-order valence-electron chi connectivity index (χ4n) is 6.37. The molecule has 1 amide bonds. The molecular formula is C26H34N2O8. The van der Waals surface area contributed by atoms with Crippen LogP contribution in [0.25, 0.3) is 5.76 Å². The predicted octanol–water partition coefficient (Wildman–Crippen LogP) is 0.134. The molecular weight excluding hydrogens is 468 g/mol. The van der Waals surface area contributed by atoms with E-state index in [-0.39, 0.29) is 11.1 Å². The quantitative estimate of drug-likeness (QED) is 0.268. The van der Waals surface area contributed by atoms with Gasteiger partial charge in [0.2, 0.25) is 11.7 Å². The first-order valence-corrected chi connectivity index (χ1v) is 12.2. The molecule has 0 bridgehead atoms. The van der Waals surface area contributed by atoms with Crippen molar-refractivity contribution in [2.75, 3.05) is 20.7 Å². The van der Waals surface area contributed by atoms with E-state index < -0.39 is 70.8 Å². The van der Waals surface area contributed by atoms with Gasteiger partial charge in [-0.15, -0.1) is 0 Å². The highest BCUT2D eigenvalue weighted by Gasteiger charge is 2.71. The Labute approximate surface area is 209 Å². The third kappa shape index (κ3) is 3.50. The highest BCUT2D eigenvalue weighted by molar-refractivity contribution is 6.25. The lowest BCUT2D eigenvalue weighted by atomic mass is 9.52. The molecule has 0 heterocycles. The summed E-state index contributed by atoms with van der Waals surface area (Å²) in [7, 11) is 3.09. The van der Waals surface area contributed by atoms with E-state index in [1.54, 1.807) is 39.2 Å². The highest BCUT2D eigenvalue weighted by atomic mass is 16.5. The van der Waals surface area contributed by atoms with Crippen molar-refractivity contribution < 1.29 is 39.5 Å². The van der Waals surface area contributed by atoms with Crippen LogP contribution in [-0.4, -0.2) is 87.4 Å². The molecule has 10 heteroatoms. The van der Waals surface area contributed by atoms with Gasteiger partial charge in [0, 0.05) is 23.5 Å². The van der Waals surface area contributed by atoms with Gasteiger partial charge in [-0.1, -0.05) is 32.4 Å². The van der Waals surface area contributed by atoms with Crippen LogP contribution >= 0.6 is 0 Å². The summed E-state index contributed by atoms with van der Waals surface area (Å²) in [5.74, 6) is -8.52. The molecule has 0 radical (unpaired) electrons. The third-order valence-electron chi connectivity index (χ3n) is 8.10. The summed E-state index contributed by atoms with van der Waals surface area (Å²) in [4.78, 5) is 41.0. The molecule has 36 heavy (non-hydrogen) atoms. The first-order valence-electron chi connectivity index (χ1n) is 12.2. The van der Waals surface area contributed by atoms with Crippen molar-refractivity contribution in [3.8, 4) is 5.75 Å². The van der Waals surface area contributed by atoms with Gasteiger partial charge in [-0.2, -0.15) is 0 Å². The number of fused-ring (bicyclic) bond motifs is 3. The number of rotatable bonds is 6.